The van der Waals surface area contributed by atoms with Gasteiger partial charge in [0.25, 0.3) is 5.92 Å². The third-order valence-corrected chi connectivity index (χ3v) is 3.09. The Morgan fingerprint density at radius 2 is 2.00 bits per heavy atom. The number of halogens is 4. The maximum Gasteiger partial charge on any atom is 0.341 e. The molecule has 9 heteroatoms. The third kappa shape index (κ3) is 2.99. The van der Waals surface area contributed by atoms with Crippen molar-refractivity contribution in [3.05, 3.63) is 39.7 Å². The number of nitrogens with zero attached hydrogens (tertiary/aromatic N) is 1. The van der Waals surface area contributed by atoms with Crippen LogP contribution in [-0.4, -0.2) is 28.7 Å². The molecule has 0 saturated heterocycles. The van der Waals surface area contributed by atoms with Crippen LogP contribution in [0.1, 0.15) is 17.3 Å². The summed E-state index contributed by atoms with van der Waals surface area (Å²) in [5.41, 5.74) is -2.40. The predicted octanol–water partition coefficient (Wildman–Crippen LogP) is 2.64. The molecule has 0 saturated carbocycles. The molecule has 1 N–H and O–H groups in total. The van der Waals surface area contributed by atoms with Gasteiger partial charge in [0.1, 0.15) is 5.56 Å². The SMILES string of the molecule is COc1c(F)c(F)cc2c(=O)c(C(=O)O)cn(CC(C)(F)F)c12. The number of benzene rings is 1. The van der Waals surface area contributed by atoms with Gasteiger partial charge in [0.2, 0.25) is 11.2 Å². The normalized spacial score (nSPS) is 11.7. The second-order valence-electron chi connectivity index (χ2n) is 4.98. The highest BCUT2D eigenvalue weighted by Gasteiger charge is 2.27. The number of aromatic carboxylic acids is 1. The average molecular weight is 333 g/mol. The molecule has 0 spiro atoms. The summed E-state index contributed by atoms with van der Waals surface area (Å²) in [5.74, 6) is -8.64. The topological polar surface area (TPSA) is 68.5 Å². The number of carbonyl (C=O) groups is 1. The van der Waals surface area contributed by atoms with Crippen LogP contribution in [-0.2, 0) is 6.54 Å². The van der Waals surface area contributed by atoms with Crippen molar-refractivity contribution in [2.24, 2.45) is 0 Å². The van der Waals surface area contributed by atoms with Gasteiger partial charge in [-0.05, 0) is 6.07 Å². The molecule has 0 aliphatic heterocycles. The zero-order valence-electron chi connectivity index (χ0n) is 12.0. The van der Waals surface area contributed by atoms with E-state index in [1.54, 1.807) is 0 Å². The number of aromatic nitrogens is 1. The summed E-state index contributed by atoms with van der Waals surface area (Å²) in [7, 11) is 0.974. The highest BCUT2D eigenvalue weighted by Crippen LogP contribution is 2.31. The fraction of sp³-hybridized carbons (Fsp3) is 0.286. The van der Waals surface area contributed by atoms with Gasteiger partial charge in [0.05, 0.1) is 24.6 Å². The van der Waals surface area contributed by atoms with Crippen molar-refractivity contribution in [1.82, 2.24) is 4.57 Å². The Labute approximate surface area is 126 Å². The van der Waals surface area contributed by atoms with E-state index in [-0.39, 0.29) is 0 Å². The summed E-state index contributed by atoms with van der Waals surface area (Å²) in [5, 5.41) is 8.43. The minimum atomic E-state index is -3.30. The Kier molecular flexibility index (Phi) is 4.06. The Morgan fingerprint density at radius 3 is 2.48 bits per heavy atom. The van der Waals surface area contributed by atoms with E-state index in [0.717, 1.165) is 7.11 Å². The summed E-state index contributed by atoms with van der Waals surface area (Å²) in [6, 6.07) is 0.465. The van der Waals surface area contributed by atoms with E-state index < -0.39 is 57.7 Å². The lowest BCUT2D eigenvalue weighted by Gasteiger charge is -2.18. The molecule has 23 heavy (non-hydrogen) atoms. The number of methoxy groups -OCH3 is 1. The van der Waals surface area contributed by atoms with Gasteiger partial charge in [-0.1, -0.05) is 0 Å². The number of rotatable bonds is 4. The van der Waals surface area contributed by atoms with Crippen molar-refractivity contribution in [3.8, 4) is 5.75 Å². The van der Waals surface area contributed by atoms with Crippen LogP contribution < -0.4 is 10.2 Å². The summed E-state index contributed by atoms with van der Waals surface area (Å²) in [6.45, 7) is -0.491. The third-order valence-electron chi connectivity index (χ3n) is 3.09. The van der Waals surface area contributed by atoms with Crippen molar-refractivity contribution in [2.45, 2.75) is 19.4 Å². The minimum Gasteiger partial charge on any atom is -0.491 e. The van der Waals surface area contributed by atoms with Crippen molar-refractivity contribution < 1.29 is 32.2 Å². The molecule has 0 fully saturated rings. The first-order valence-electron chi connectivity index (χ1n) is 6.27. The van der Waals surface area contributed by atoms with Gasteiger partial charge >= 0.3 is 5.97 Å². The molecule has 0 amide bonds. The first-order chi connectivity index (χ1) is 10.6. The van der Waals surface area contributed by atoms with Crippen LogP contribution in [0.4, 0.5) is 17.6 Å². The van der Waals surface area contributed by atoms with Gasteiger partial charge in [0.15, 0.2) is 11.6 Å². The van der Waals surface area contributed by atoms with Crippen LogP contribution in [0.3, 0.4) is 0 Å². The lowest BCUT2D eigenvalue weighted by Crippen LogP contribution is -2.25. The number of fused-ring (bicyclic) bond motifs is 1. The smallest absolute Gasteiger partial charge is 0.341 e. The molecule has 0 radical (unpaired) electrons. The molecule has 0 aliphatic rings. The monoisotopic (exact) mass is 333 g/mol. The highest BCUT2D eigenvalue weighted by molar-refractivity contribution is 5.94. The van der Waals surface area contributed by atoms with Crippen LogP contribution in [0.15, 0.2) is 17.1 Å². The highest BCUT2D eigenvalue weighted by atomic mass is 19.3. The maximum absolute atomic E-state index is 13.8. The number of carboxylic acids is 1. The standard InChI is InChI=1S/C14H11F4NO4/c1-14(17,18)5-19-4-7(13(21)22)11(20)6-3-8(15)9(16)12(23-2)10(6)19/h3-4H,5H2,1-2H3,(H,21,22). The molecule has 1 aromatic carbocycles. The Balaban J connectivity index is 3.02. The van der Waals surface area contributed by atoms with Crippen LogP contribution in [0.2, 0.25) is 0 Å². The van der Waals surface area contributed by atoms with E-state index in [2.05, 4.69) is 4.74 Å². The van der Waals surface area contributed by atoms with Crippen molar-refractivity contribution in [2.75, 3.05) is 7.11 Å². The number of alkyl halides is 2. The van der Waals surface area contributed by atoms with E-state index in [0.29, 0.717) is 23.8 Å². The Morgan fingerprint density at radius 1 is 1.39 bits per heavy atom. The van der Waals surface area contributed by atoms with Gasteiger partial charge < -0.3 is 14.4 Å². The zero-order valence-corrected chi connectivity index (χ0v) is 12.0. The lowest BCUT2D eigenvalue weighted by molar-refractivity contribution is 0.00471. The van der Waals surface area contributed by atoms with Crippen LogP contribution >= 0.6 is 0 Å². The quantitative estimate of drug-likeness (QED) is 0.874. The molecular weight excluding hydrogens is 322 g/mol. The minimum absolute atomic E-state index is 0.442. The van der Waals surface area contributed by atoms with Gasteiger partial charge in [-0.2, -0.15) is 4.39 Å². The Bertz CT molecular complexity index is 855. The number of pyridine rings is 1. The molecule has 0 unspecified atom stereocenters. The molecule has 5 nitrogen and oxygen atoms in total. The van der Waals surface area contributed by atoms with Gasteiger partial charge in [0, 0.05) is 13.1 Å². The number of hydrogen-bond donors (Lipinski definition) is 1. The van der Waals surface area contributed by atoms with E-state index in [1.165, 1.54) is 0 Å². The first kappa shape index (κ1) is 16.8. The zero-order chi connectivity index (χ0) is 17.5. The molecule has 0 aliphatic carbocycles. The molecule has 2 rings (SSSR count). The molecule has 1 heterocycles. The van der Waals surface area contributed by atoms with E-state index in [1.807, 2.05) is 0 Å². The van der Waals surface area contributed by atoms with Crippen LogP contribution in [0.5, 0.6) is 5.75 Å². The number of ether oxygens (including phenoxy) is 1. The largest absolute Gasteiger partial charge is 0.491 e. The number of carboxylic acid groups (broad SMARTS) is 1. The first-order valence-corrected chi connectivity index (χ1v) is 6.27. The summed E-state index contributed by atoms with van der Waals surface area (Å²) in [6.07, 6.45) is 0.657. The van der Waals surface area contributed by atoms with Crippen molar-refractivity contribution in [3.63, 3.8) is 0 Å². The fourth-order valence-corrected chi connectivity index (χ4v) is 2.24. The lowest BCUT2D eigenvalue weighted by atomic mass is 10.1. The molecule has 0 atom stereocenters. The summed E-state index contributed by atoms with van der Waals surface area (Å²) < 4.78 is 59.4. The molecule has 124 valence electrons. The number of hydrogen-bond acceptors (Lipinski definition) is 3. The molecule has 1 aromatic heterocycles. The van der Waals surface area contributed by atoms with Gasteiger partial charge in [-0.15, -0.1) is 0 Å². The predicted molar refractivity (Wildman–Crippen MR) is 72.3 cm³/mol. The van der Waals surface area contributed by atoms with Crippen molar-refractivity contribution >= 4 is 16.9 Å². The van der Waals surface area contributed by atoms with Crippen molar-refractivity contribution in [1.29, 1.82) is 0 Å². The Hall–Kier alpha value is -2.58. The average Bonchev–Trinajstić information content (AvgIpc) is 2.42. The van der Waals surface area contributed by atoms with Gasteiger partial charge in [-0.25, -0.2) is 18.0 Å². The van der Waals surface area contributed by atoms with E-state index >= 15 is 0 Å². The second kappa shape index (κ2) is 5.56. The van der Waals surface area contributed by atoms with E-state index in [4.69, 9.17) is 5.11 Å². The summed E-state index contributed by atoms with van der Waals surface area (Å²) in [4.78, 5) is 23.2. The second-order valence-corrected chi connectivity index (χ2v) is 4.98. The molecule has 2 aromatic rings. The van der Waals surface area contributed by atoms with Crippen LogP contribution in [0, 0.1) is 11.6 Å². The van der Waals surface area contributed by atoms with E-state index in [9.17, 15) is 27.2 Å². The molecule has 0 bridgehead atoms. The van der Waals surface area contributed by atoms with Crippen LogP contribution in [0.25, 0.3) is 10.9 Å². The fourth-order valence-electron chi connectivity index (χ4n) is 2.24. The van der Waals surface area contributed by atoms with Gasteiger partial charge in [-0.3, -0.25) is 4.79 Å². The summed E-state index contributed by atoms with van der Waals surface area (Å²) >= 11 is 0. The maximum atomic E-state index is 13.8. The molecular formula is C14H11F4NO4.